The molecule has 0 aromatic heterocycles. The summed E-state index contributed by atoms with van der Waals surface area (Å²) in [6, 6.07) is 22.8. The van der Waals surface area contributed by atoms with Crippen molar-refractivity contribution in [1.82, 2.24) is 9.91 Å². The maximum atomic E-state index is 13.1. The van der Waals surface area contributed by atoms with Crippen LogP contribution in [0.25, 0.3) is 0 Å². The molecule has 3 aromatic rings. The molecule has 1 N–H and O–H groups in total. The van der Waals surface area contributed by atoms with Crippen molar-refractivity contribution in [2.45, 2.75) is 38.8 Å². The quantitative estimate of drug-likeness (QED) is 0.459. The Kier molecular flexibility index (Phi) is 8.17. The number of hydrazone groups is 1. The zero-order valence-electron chi connectivity index (χ0n) is 23.3. The lowest BCUT2D eigenvalue weighted by atomic mass is 9.93. The number of methoxy groups -OCH3 is 2. The van der Waals surface area contributed by atoms with Gasteiger partial charge in [0.15, 0.2) is 11.5 Å². The van der Waals surface area contributed by atoms with Crippen LogP contribution in [0.4, 0.5) is 5.69 Å². The summed E-state index contributed by atoms with van der Waals surface area (Å²) in [6.07, 6.45) is 2.60. The van der Waals surface area contributed by atoms with Crippen molar-refractivity contribution in [2.75, 3.05) is 39.7 Å². The van der Waals surface area contributed by atoms with Crippen LogP contribution in [0.15, 0.2) is 71.8 Å². The monoisotopic (exact) mass is 526 g/mol. The Morgan fingerprint density at radius 1 is 0.974 bits per heavy atom. The average molecular weight is 527 g/mol. The Bertz CT molecular complexity index is 1320. The van der Waals surface area contributed by atoms with E-state index in [0.717, 1.165) is 67.2 Å². The highest BCUT2D eigenvalue weighted by molar-refractivity contribution is 6.14. The summed E-state index contributed by atoms with van der Waals surface area (Å²) in [5.41, 5.74) is 6.18. The summed E-state index contributed by atoms with van der Waals surface area (Å²) >= 11 is 0. The van der Waals surface area contributed by atoms with Gasteiger partial charge in [0.25, 0.3) is 0 Å². The molecule has 1 atom stereocenters. The fourth-order valence-electron chi connectivity index (χ4n) is 5.43. The van der Waals surface area contributed by atoms with Crippen LogP contribution in [-0.2, 0) is 17.8 Å². The van der Waals surface area contributed by atoms with Crippen molar-refractivity contribution in [2.24, 2.45) is 11.0 Å². The minimum absolute atomic E-state index is 0.0346. The largest absolute Gasteiger partial charge is 0.493 e. The zero-order chi connectivity index (χ0) is 27.4. The van der Waals surface area contributed by atoms with Gasteiger partial charge < -0.3 is 14.8 Å². The first kappa shape index (κ1) is 26.8. The van der Waals surface area contributed by atoms with Gasteiger partial charge in [-0.1, -0.05) is 42.5 Å². The van der Waals surface area contributed by atoms with E-state index in [9.17, 15) is 4.79 Å². The fraction of sp³-hybridized carbons (Fsp3) is 0.375. The molecule has 2 aliphatic heterocycles. The van der Waals surface area contributed by atoms with Gasteiger partial charge in [0.2, 0.25) is 5.91 Å². The molecule has 1 fully saturated rings. The predicted octanol–water partition coefficient (Wildman–Crippen LogP) is 5.18. The molecule has 0 radical (unpaired) electrons. The van der Waals surface area contributed by atoms with E-state index in [4.69, 9.17) is 14.6 Å². The van der Waals surface area contributed by atoms with Crippen LogP contribution >= 0.6 is 0 Å². The Morgan fingerprint density at radius 3 is 2.31 bits per heavy atom. The van der Waals surface area contributed by atoms with Gasteiger partial charge in [0, 0.05) is 42.4 Å². The topological polar surface area (TPSA) is 66.4 Å². The molecular formula is C32H38N4O3. The van der Waals surface area contributed by atoms with E-state index in [1.54, 1.807) is 14.2 Å². The van der Waals surface area contributed by atoms with E-state index >= 15 is 0 Å². The number of likely N-dealkylation sites (N-methyl/N-ethyl adjacent to an activating group) is 1. The van der Waals surface area contributed by atoms with Crippen LogP contribution in [-0.4, -0.2) is 61.9 Å². The average Bonchev–Trinajstić information content (AvgIpc) is 3.08. The van der Waals surface area contributed by atoms with E-state index in [1.165, 1.54) is 11.1 Å². The van der Waals surface area contributed by atoms with Gasteiger partial charge in [-0.3, -0.25) is 14.7 Å². The van der Waals surface area contributed by atoms with Gasteiger partial charge in [0.1, 0.15) is 0 Å². The van der Waals surface area contributed by atoms with Crippen molar-refractivity contribution in [3.63, 3.8) is 0 Å². The van der Waals surface area contributed by atoms with Crippen molar-refractivity contribution >= 4 is 17.3 Å². The molecule has 39 heavy (non-hydrogen) atoms. The summed E-state index contributed by atoms with van der Waals surface area (Å²) in [7, 11) is 5.31. The van der Waals surface area contributed by atoms with Gasteiger partial charge in [-0.2, -0.15) is 5.10 Å². The number of nitrogens with one attached hydrogen (secondary N) is 1. The van der Waals surface area contributed by atoms with E-state index in [2.05, 4.69) is 47.5 Å². The number of nitrogens with zero attached hydrogens (tertiary/aromatic N) is 3. The van der Waals surface area contributed by atoms with Gasteiger partial charge in [-0.05, 0) is 74.7 Å². The first-order valence-electron chi connectivity index (χ1n) is 13.7. The molecule has 0 aliphatic carbocycles. The van der Waals surface area contributed by atoms with Crippen molar-refractivity contribution < 1.29 is 14.3 Å². The smallest absolute Gasteiger partial charge is 0.227 e. The number of rotatable bonds is 7. The number of fused-ring (bicyclic) bond motifs is 1. The maximum absolute atomic E-state index is 13.1. The van der Waals surface area contributed by atoms with E-state index in [0.29, 0.717) is 5.75 Å². The highest BCUT2D eigenvalue weighted by Gasteiger charge is 2.26. The lowest BCUT2D eigenvalue weighted by molar-refractivity contribution is -0.121. The number of hydrogen-bond donors (Lipinski definition) is 1. The summed E-state index contributed by atoms with van der Waals surface area (Å²) in [4.78, 5) is 15.5. The highest BCUT2D eigenvalue weighted by Crippen LogP contribution is 2.34. The normalized spacial score (nSPS) is 18.1. The number of carbonyl (C=O) groups excluding carboxylic acids is 1. The van der Waals surface area contributed by atoms with Crippen LogP contribution in [0.3, 0.4) is 0 Å². The molecular weight excluding hydrogens is 488 g/mol. The maximum Gasteiger partial charge on any atom is 0.227 e. The molecule has 1 saturated heterocycles. The molecule has 5 rings (SSSR count). The number of piperidine rings is 1. The number of anilines is 1. The van der Waals surface area contributed by atoms with E-state index < -0.39 is 0 Å². The van der Waals surface area contributed by atoms with Crippen LogP contribution in [0.2, 0.25) is 0 Å². The van der Waals surface area contributed by atoms with Crippen molar-refractivity contribution in [3.8, 4) is 11.5 Å². The summed E-state index contributed by atoms with van der Waals surface area (Å²) < 4.78 is 11.2. The third-order valence-electron chi connectivity index (χ3n) is 7.91. The Balaban J connectivity index is 1.27. The van der Waals surface area contributed by atoms with Gasteiger partial charge >= 0.3 is 0 Å². The first-order chi connectivity index (χ1) is 18.9. The minimum atomic E-state index is 0.0346. The van der Waals surface area contributed by atoms with E-state index in [-0.39, 0.29) is 17.9 Å². The third-order valence-corrected chi connectivity index (χ3v) is 7.91. The summed E-state index contributed by atoms with van der Waals surface area (Å²) in [5, 5.41) is 10.1. The number of amides is 1. The molecule has 0 bridgehead atoms. The molecule has 2 aliphatic rings. The molecule has 204 valence electrons. The standard InChI is InChI=1S/C32H38N4O3/c1-22-18-26-19-29(38-3)30(39-4)20-28(26)31(34-35(22)2)24-10-12-27(13-11-24)33-32(37)25-14-16-36(17-15-25)21-23-8-6-5-7-9-23/h5-13,19-20,22,25H,14-18,21H2,1-4H3,(H,33,37)/t22-/m1/s1. The van der Waals surface area contributed by atoms with Gasteiger partial charge in [0.05, 0.1) is 19.9 Å². The Labute approximate surface area is 231 Å². The van der Waals surface area contributed by atoms with Crippen LogP contribution in [0, 0.1) is 5.92 Å². The summed E-state index contributed by atoms with van der Waals surface area (Å²) in [6.45, 7) is 4.98. The number of likely N-dealkylation sites (tertiary alicyclic amines) is 1. The third kappa shape index (κ3) is 6.09. The zero-order valence-corrected chi connectivity index (χ0v) is 23.3. The van der Waals surface area contributed by atoms with Crippen LogP contribution < -0.4 is 14.8 Å². The van der Waals surface area contributed by atoms with Gasteiger partial charge in [-0.25, -0.2) is 0 Å². The summed E-state index contributed by atoms with van der Waals surface area (Å²) in [5.74, 6) is 1.54. The van der Waals surface area contributed by atoms with E-state index in [1.807, 2.05) is 48.5 Å². The molecule has 7 heteroatoms. The fourth-order valence-corrected chi connectivity index (χ4v) is 5.43. The van der Waals surface area contributed by atoms with Crippen LogP contribution in [0.1, 0.15) is 42.0 Å². The van der Waals surface area contributed by atoms with Crippen molar-refractivity contribution in [3.05, 3.63) is 89.0 Å². The highest BCUT2D eigenvalue weighted by atomic mass is 16.5. The van der Waals surface area contributed by atoms with Crippen LogP contribution in [0.5, 0.6) is 11.5 Å². The van der Waals surface area contributed by atoms with Crippen molar-refractivity contribution in [1.29, 1.82) is 0 Å². The second-order valence-electron chi connectivity index (χ2n) is 10.5. The predicted molar refractivity (Wildman–Crippen MR) is 156 cm³/mol. The first-order valence-corrected chi connectivity index (χ1v) is 13.7. The number of ether oxygens (including phenoxy) is 2. The SMILES string of the molecule is COc1cc2c(cc1OC)C(c1ccc(NC(=O)C3CCN(Cc4ccccc4)CC3)cc1)=NN(C)[C@H](C)C2. The second kappa shape index (κ2) is 11.9. The lowest BCUT2D eigenvalue weighted by Crippen LogP contribution is -2.37. The molecule has 0 saturated carbocycles. The number of carbonyl (C=O) groups is 1. The molecule has 0 spiro atoms. The molecule has 3 aromatic carbocycles. The van der Waals surface area contributed by atoms with Gasteiger partial charge in [-0.15, -0.1) is 0 Å². The number of benzene rings is 3. The minimum Gasteiger partial charge on any atom is -0.493 e. The lowest BCUT2D eigenvalue weighted by Gasteiger charge is -2.31. The molecule has 1 amide bonds. The molecule has 7 nitrogen and oxygen atoms in total. The molecule has 2 heterocycles. The second-order valence-corrected chi connectivity index (χ2v) is 10.5. The number of hydrogen-bond acceptors (Lipinski definition) is 6. The Hall–Kier alpha value is -3.84. The Morgan fingerprint density at radius 2 is 1.64 bits per heavy atom. The molecule has 0 unspecified atom stereocenters.